The molecule has 0 spiro atoms. The van der Waals surface area contributed by atoms with Crippen LogP contribution >= 0.6 is 0 Å². The predicted molar refractivity (Wildman–Crippen MR) is 238 cm³/mol. The predicted octanol–water partition coefficient (Wildman–Crippen LogP) is 14.5. The van der Waals surface area contributed by atoms with Crippen LogP contribution in [0.4, 0.5) is 5.69 Å². The van der Waals surface area contributed by atoms with Crippen LogP contribution in [0, 0.1) is 10.1 Å². The molecule has 316 valence electrons. The van der Waals surface area contributed by atoms with Crippen LogP contribution in [-0.4, -0.2) is 29.9 Å². The molecule has 0 aliphatic heterocycles. The van der Waals surface area contributed by atoms with Crippen LogP contribution in [0.25, 0.3) is 12.2 Å². The molecule has 0 unspecified atom stereocenters. The van der Waals surface area contributed by atoms with Crippen LogP contribution in [0.3, 0.4) is 0 Å². The van der Waals surface area contributed by atoms with E-state index >= 15 is 0 Å². The zero-order valence-electron chi connectivity index (χ0n) is 35.4. The number of nitro benzene ring substituents is 1. The van der Waals surface area contributed by atoms with Crippen molar-refractivity contribution in [2.24, 2.45) is 0 Å². The number of ketones is 1. The van der Waals surface area contributed by atoms with Crippen molar-refractivity contribution in [1.82, 2.24) is 0 Å². The van der Waals surface area contributed by atoms with Crippen LogP contribution < -0.4 is 14.2 Å². The summed E-state index contributed by atoms with van der Waals surface area (Å²) in [6, 6.07) is 18.6. The van der Waals surface area contributed by atoms with Crippen LogP contribution in [-0.2, 0) is 4.79 Å². The lowest BCUT2D eigenvalue weighted by Gasteiger charge is -2.07. The first-order valence-corrected chi connectivity index (χ1v) is 22.3. The molecule has 0 saturated carbocycles. The Morgan fingerprint density at radius 3 is 1.34 bits per heavy atom. The van der Waals surface area contributed by atoms with Gasteiger partial charge in [0.1, 0.15) is 11.5 Å². The number of allylic oxidation sites excluding steroid dienone is 1. The van der Waals surface area contributed by atoms with E-state index in [1.807, 2.05) is 48.5 Å². The molecule has 0 aromatic heterocycles. The summed E-state index contributed by atoms with van der Waals surface area (Å²) in [6.45, 7) is 5.84. The van der Waals surface area contributed by atoms with Gasteiger partial charge in [-0.15, -0.1) is 0 Å². The third-order valence-corrected chi connectivity index (χ3v) is 10.3. The first kappa shape index (κ1) is 47.7. The highest BCUT2D eigenvalue weighted by molar-refractivity contribution is 6.07. The summed E-state index contributed by atoms with van der Waals surface area (Å²) in [7, 11) is 0. The van der Waals surface area contributed by atoms with Crippen molar-refractivity contribution in [2.75, 3.05) is 13.2 Å². The molecule has 8 nitrogen and oxygen atoms in total. The van der Waals surface area contributed by atoms with Gasteiger partial charge in [-0.2, -0.15) is 0 Å². The van der Waals surface area contributed by atoms with E-state index in [0.717, 1.165) is 48.0 Å². The Balaban J connectivity index is 1.34. The van der Waals surface area contributed by atoms with E-state index in [2.05, 4.69) is 13.8 Å². The summed E-state index contributed by atoms with van der Waals surface area (Å²) in [5.74, 6) is 0.111. The van der Waals surface area contributed by atoms with Crippen molar-refractivity contribution in [3.05, 3.63) is 106 Å². The molecular weight excluding hydrogens is 727 g/mol. The van der Waals surface area contributed by atoms with Crippen molar-refractivity contribution >= 4 is 29.6 Å². The largest absolute Gasteiger partial charge is 0.494 e. The fourth-order valence-corrected chi connectivity index (χ4v) is 6.74. The fraction of sp³-hybridized carbons (Fsp3) is 0.520. The number of nitro groups is 1. The molecule has 0 heterocycles. The summed E-state index contributed by atoms with van der Waals surface area (Å²) < 4.78 is 17.0. The first-order valence-electron chi connectivity index (χ1n) is 22.3. The third kappa shape index (κ3) is 21.2. The molecule has 0 radical (unpaired) electrons. The van der Waals surface area contributed by atoms with E-state index in [0.29, 0.717) is 13.2 Å². The number of carbonyl (C=O) groups is 2. The molecule has 58 heavy (non-hydrogen) atoms. The number of unbranched alkanes of at least 4 members (excludes halogenated alkanes) is 20. The molecule has 3 rings (SSSR count). The highest BCUT2D eigenvalue weighted by Crippen LogP contribution is 2.29. The number of hydrogen-bond acceptors (Lipinski definition) is 7. The Morgan fingerprint density at radius 2 is 0.931 bits per heavy atom. The van der Waals surface area contributed by atoms with E-state index in [1.54, 1.807) is 12.2 Å². The zero-order chi connectivity index (χ0) is 41.5. The minimum absolute atomic E-state index is 0.108. The smallest absolute Gasteiger partial charge is 0.336 e. The molecule has 0 atom stereocenters. The van der Waals surface area contributed by atoms with E-state index in [-0.39, 0.29) is 11.3 Å². The summed E-state index contributed by atoms with van der Waals surface area (Å²) in [4.78, 5) is 36.7. The molecule has 0 fully saturated rings. The van der Waals surface area contributed by atoms with Gasteiger partial charge in [-0.05, 0) is 72.5 Å². The Kier molecular flexibility index (Phi) is 25.0. The maximum atomic E-state index is 12.9. The number of ether oxygens (including phenoxy) is 3. The molecule has 0 amide bonds. The third-order valence-electron chi connectivity index (χ3n) is 10.3. The number of hydrogen-bond donors (Lipinski definition) is 0. The minimum Gasteiger partial charge on any atom is -0.494 e. The van der Waals surface area contributed by atoms with Gasteiger partial charge in [0, 0.05) is 17.7 Å². The number of carbonyl (C=O) groups excluding carboxylic acids is 2. The van der Waals surface area contributed by atoms with Crippen molar-refractivity contribution in [3.8, 4) is 17.2 Å². The normalized spacial score (nSPS) is 11.3. The number of nitrogens with zero attached hydrogens (tertiary/aromatic N) is 1. The maximum Gasteiger partial charge on any atom is 0.336 e. The van der Waals surface area contributed by atoms with Gasteiger partial charge in [-0.25, -0.2) is 4.79 Å². The molecule has 0 aliphatic carbocycles. The SMILES string of the molecule is CCCCCCCCCCCCCCCCOc1ccc(/C=C/C(=O)c2ccc(OC(=O)/C=C/c3ccc(OCCCCCCCCCC)cc3)c([N+](=O)[O-])c2)cc1. The van der Waals surface area contributed by atoms with Gasteiger partial charge in [0.15, 0.2) is 5.78 Å². The summed E-state index contributed by atoms with van der Waals surface area (Å²) in [5.41, 5.74) is 1.18. The molecular formula is C50H69NO7. The number of rotatable bonds is 33. The van der Waals surface area contributed by atoms with Crippen LogP contribution in [0.1, 0.15) is 177 Å². The Bertz CT molecular complexity index is 1650. The lowest BCUT2D eigenvalue weighted by Crippen LogP contribution is -2.07. The second-order valence-corrected chi connectivity index (χ2v) is 15.3. The van der Waals surface area contributed by atoms with E-state index in [4.69, 9.17) is 14.2 Å². The second-order valence-electron chi connectivity index (χ2n) is 15.3. The Hall–Kier alpha value is -4.72. The average Bonchev–Trinajstić information content (AvgIpc) is 3.23. The lowest BCUT2D eigenvalue weighted by atomic mass is 10.0. The van der Waals surface area contributed by atoms with Gasteiger partial charge in [-0.1, -0.05) is 173 Å². The van der Waals surface area contributed by atoms with Gasteiger partial charge in [0.25, 0.3) is 0 Å². The summed E-state index contributed by atoms with van der Waals surface area (Å²) >= 11 is 0. The van der Waals surface area contributed by atoms with Crippen molar-refractivity contribution < 1.29 is 28.7 Å². The highest BCUT2D eigenvalue weighted by Gasteiger charge is 2.20. The lowest BCUT2D eigenvalue weighted by molar-refractivity contribution is -0.385. The maximum absolute atomic E-state index is 12.9. The quantitative estimate of drug-likeness (QED) is 0.0115. The summed E-state index contributed by atoms with van der Waals surface area (Å²) in [5, 5.41) is 11.8. The number of esters is 1. The molecule has 0 N–H and O–H groups in total. The molecule has 3 aromatic carbocycles. The second kappa shape index (κ2) is 30.4. The fourth-order valence-electron chi connectivity index (χ4n) is 6.74. The van der Waals surface area contributed by atoms with Crippen LogP contribution in [0.5, 0.6) is 17.2 Å². The monoisotopic (exact) mass is 796 g/mol. The highest BCUT2D eigenvalue weighted by atomic mass is 16.6. The van der Waals surface area contributed by atoms with Crippen molar-refractivity contribution in [2.45, 2.75) is 155 Å². The van der Waals surface area contributed by atoms with Gasteiger partial charge in [0.05, 0.1) is 18.1 Å². The van der Waals surface area contributed by atoms with Gasteiger partial charge in [-0.3, -0.25) is 14.9 Å². The molecule has 3 aromatic rings. The first-order chi connectivity index (χ1) is 28.4. The Morgan fingerprint density at radius 1 is 0.534 bits per heavy atom. The minimum atomic E-state index is -0.774. The summed E-state index contributed by atoms with van der Waals surface area (Å²) in [6.07, 6.45) is 34.2. The standard InChI is InChI=1S/C50H69NO7/c1-3-5-7-9-11-13-14-15-16-17-18-20-22-24-40-56-45-32-25-42(26-33-45)29-36-48(52)44-31-37-49(47(41-44)51(54)55)58-50(53)38-30-43-27-34-46(35-28-43)57-39-23-21-19-12-10-8-6-4-2/h25-38,41H,3-24,39-40H2,1-2H3/b36-29+,38-30+. The van der Waals surface area contributed by atoms with E-state index < -0.39 is 22.4 Å². The van der Waals surface area contributed by atoms with Crippen LogP contribution in [0.2, 0.25) is 0 Å². The van der Waals surface area contributed by atoms with Crippen LogP contribution in [0.15, 0.2) is 78.9 Å². The number of benzene rings is 3. The molecule has 8 heteroatoms. The average molecular weight is 796 g/mol. The molecule has 0 saturated heterocycles. The van der Waals surface area contributed by atoms with E-state index in [9.17, 15) is 19.7 Å². The topological polar surface area (TPSA) is 105 Å². The zero-order valence-corrected chi connectivity index (χ0v) is 35.4. The van der Waals surface area contributed by atoms with E-state index in [1.165, 1.54) is 146 Å². The molecule has 0 bridgehead atoms. The van der Waals surface area contributed by atoms with Gasteiger partial charge in [0.2, 0.25) is 5.75 Å². The van der Waals surface area contributed by atoms with Gasteiger partial charge < -0.3 is 14.2 Å². The molecule has 0 aliphatic rings. The van der Waals surface area contributed by atoms with Crippen molar-refractivity contribution in [3.63, 3.8) is 0 Å². The van der Waals surface area contributed by atoms with Gasteiger partial charge >= 0.3 is 11.7 Å². The van der Waals surface area contributed by atoms with Crippen molar-refractivity contribution in [1.29, 1.82) is 0 Å². The Labute approximate surface area is 348 Å².